The van der Waals surface area contributed by atoms with E-state index in [1.807, 2.05) is 6.07 Å². The molecule has 0 saturated carbocycles. The Balaban J connectivity index is 1.65. The number of nitrogens with one attached hydrogen (secondary N) is 1. The van der Waals surface area contributed by atoms with Crippen molar-refractivity contribution in [1.29, 1.82) is 0 Å². The number of hydrogen-bond donors (Lipinski definition) is 1. The maximum atomic E-state index is 12.9. The first-order valence-corrected chi connectivity index (χ1v) is 9.28. The molecule has 7 heteroatoms. The van der Waals surface area contributed by atoms with Crippen LogP contribution in [-0.2, 0) is 11.3 Å². The lowest BCUT2D eigenvalue weighted by molar-refractivity contribution is 0.0483. The van der Waals surface area contributed by atoms with E-state index in [0.717, 1.165) is 23.7 Å². The first-order valence-electron chi connectivity index (χ1n) is 9.28. The van der Waals surface area contributed by atoms with E-state index in [1.165, 1.54) is 6.26 Å². The lowest BCUT2D eigenvalue weighted by Crippen LogP contribution is -2.38. The van der Waals surface area contributed by atoms with E-state index in [9.17, 15) is 9.59 Å². The number of furan rings is 1. The Morgan fingerprint density at radius 1 is 1.32 bits per heavy atom. The molecular weight excluding hydrogens is 360 g/mol. The number of rotatable bonds is 6. The Hall–Kier alpha value is -3.06. The maximum absolute atomic E-state index is 12.9. The van der Waals surface area contributed by atoms with E-state index in [0.29, 0.717) is 24.5 Å². The maximum Gasteiger partial charge on any atom is 0.289 e. The fourth-order valence-corrected chi connectivity index (χ4v) is 3.49. The number of pyridine rings is 1. The highest BCUT2D eigenvalue weighted by molar-refractivity contribution is 5.91. The van der Waals surface area contributed by atoms with Gasteiger partial charge in [0.25, 0.3) is 11.5 Å². The van der Waals surface area contributed by atoms with Crippen LogP contribution in [0.3, 0.4) is 0 Å². The normalized spacial score (nSPS) is 16.4. The number of H-pyrrole nitrogens is 1. The highest BCUT2D eigenvalue weighted by atomic mass is 16.5. The molecule has 1 aromatic carbocycles. The molecule has 0 spiro atoms. The Kier molecular flexibility index (Phi) is 5.16. The number of hydrogen-bond acceptors (Lipinski definition) is 5. The zero-order valence-electron chi connectivity index (χ0n) is 15.6. The Labute approximate surface area is 161 Å². The van der Waals surface area contributed by atoms with Gasteiger partial charge in [-0.1, -0.05) is 0 Å². The van der Waals surface area contributed by atoms with Gasteiger partial charge in [-0.25, -0.2) is 0 Å². The second kappa shape index (κ2) is 7.90. The van der Waals surface area contributed by atoms with Gasteiger partial charge in [0, 0.05) is 29.6 Å². The van der Waals surface area contributed by atoms with Crippen LogP contribution in [0.15, 0.2) is 51.9 Å². The fourth-order valence-electron chi connectivity index (χ4n) is 3.49. The van der Waals surface area contributed by atoms with Gasteiger partial charge in [0.15, 0.2) is 5.76 Å². The summed E-state index contributed by atoms with van der Waals surface area (Å²) in [6.07, 6.45) is 3.31. The molecule has 28 heavy (non-hydrogen) atoms. The van der Waals surface area contributed by atoms with Gasteiger partial charge >= 0.3 is 0 Å². The van der Waals surface area contributed by atoms with Crippen molar-refractivity contribution in [3.8, 4) is 5.75 Å². The first kappa shape index (κ1) is 18.3. The second-order valence-corrected chi connectivity index (χ2v) is 6.87. The molecule has 146 valence electrons. The summed E-state index contributed by atoms with van der Waals surface area (Å²) in [7, 11) is 1.60. The van der Waals surface area contributed by atoms with Crippen molar-refractivity contribution >= 4 is 16.8 Å². The van der Waals surface area contributed by atoms with Gasteiger partial charge in [-0.05, 0) is 49.2 Å². The molecule has 0 unspecified atom stereocenters. The lowest BCUT2D eigenvalue weighted by Gasteiger charge is -2.24. The van der Waals surface area contributed by atoms with Crippen LogP contribution >= 0.6 is 0 Å². The molecular formula is C21H22N2O5. The van der Waals surface area contributed by atoms with Crippen LogP contribution in [0.4, 0.5) is 0 Å². The fraction of sp³-hybridized carbons (Fsp3) is 0.333. The molecule has 4 rings (SSSR count). The van der Waals surface area contributed by atoms with Crippen molar-refractivity contribution in [3.05, 3.63) is 64.3 Å². The van der Waals surface area contributed by atoms with Crippen LogP contribution in [0.2, 0.25) is 0 Å². The van der Waals surface area contributed by atoms with Crippen LogP contribution in [0, 0.1) is 0 Å². The summed E-state index contributed by atoms with van der Waals surface area (Å²) in [4.78, 5) is 30.0. The van der Waals surface area contributed by atoms with Crippen LogP contribution in [-0.4, -0.2) is 42.2 Å². The van der Waals surface area contributed by atoms with Crippen LogP contribution < -0.4 is 10.3 Å². The molecule has 1 fully saturated rings. The first-order chi connectivity index (χ1) is 13.6. The zero-order chi connectivity index (χ0) is 19.5. The molecule has 1 aliphatic rings. The number of amides is 1. The largest absolute Gasteiger partial charge is 0.497 e. The molecule has 3 aromatic rings. The number of aromatic amines is 1. The highest BCUT2D eigenvalue weighted by Crippen LogP contribution is 2.21. The summed E-state index contributed by atoms with van der Waals surface area (Å²) in [5.74, 6) is 0.691. The molecule has 1 aliphatic heterocycles. The standard InChI is InChI=1S/C21H22N2O5/c1-26-16-6-7-18-14(11-16)10-15(20(24)22-18)12-23(13-17-4-2-8-27-17)21(25)19-5-3-9-28-19/h3,5-7,9-11,17H,2,4,8,12-13H2,1H3,(H,22,24)/t17-/m0/s1. The Bertz CT molecular complexity index is 1020. The van der Waals surface area contributed by atoms with Crippen molar-refractivity contribution < 1.29 is 18.7 Å². The topological polar surface area (TPSA) is 84.8 Å². The van der Waals surface area contributed by atoms with Gasteiger partial charge in [0.1, 0.15) is 5.75 Å². The number of aromatic nitrogens is 1. The van der Waals surface area contributed by atoms with Crippen molar-refractivity contribution in [3.63, 3.8) is 0 Å². The van der Waals surface area contributed by atoms with E-state index < -0.39 is 0 Å². The smallest absolute Gasteiger partial charge is 0.289 e. The summed E-state index contributed by atoms with van der Waals surface area (Å²) in [6, 6.07) is 10.6. The van der Waals surface area contributed by atoms with Crippen LogP contribution in [0.25, 0.3) is 10.9 Å². The predicted octanol–water partition coefficient (Wildman–Crippen LogP) is 2.95. The molecule has 1 saturated heterocycles. The number of ether oxygens (including phenoxy) is 2. The van der Waals surface area contributed by atoms with Crippen LogP contribution in [0.1, 0.15) is 29.0 Å². The van der Waals surface area contributed by atoms with Gasteiger partial charge in [-0.3, -0.25) is 9.59 Å². The summed E-state index contributed by atoms with van der Waals surface area (Å²) in [6.45, 7) is 1.28. The number of benzene rings is 1. The average molecular weight is 382 g/mol. The number of methoxy groups -OCH3 is 1. The Morgan fingerprint density at radius 2 is 2.21 bits per heavy atom. The van der Waals surface area contributed by atoms with E-state index in [1.54, 1.807) is 42.3 Å². The molecule has 1 atom stereocenters. The van der Waals surface area contributed by atoms with Crippen molar-refractivity contribution in [2.24, 2.45) is 0 Å². The molecule has 1 amide bonds. The Morgan fingerprint density at radius 3 is 2.93 bits per heavy atom. The van der Waals surface area contributed by atoms with Gasteiger partial charge in [-0.2, -0.15) is 0 Å². The van der Waals surface area contributed by atoms with E-state index in [4.69, 9.17) is 13.9 Å². The van der Waals surface area contributed by atoms with Gasteiger partial charge < -0.3 is 23.8 Å². The number of carbonyl (C=O) groups is 1. The van der Waals surface area contributed by atoms with Gasteiger partial charge in [-0.15, -0.1) is 0 Å². The quantitative estimate of drug-likeness (QED) is 0.709. The van der Waals surface area contributed by atoms with E-state index >= 15 is 0 Å². The lowest BCUT2D eigenvalue weighted by atomic mass is 10.1. The SMILES string of the molecule is COc1ccc2[nH]c(=O)c(CN(C[C@@H]3CCCO3)C(=O)c3ccco3)cc2c1. The van der Waals surface area contributed by atoms with Crippen LogP contribution in [0.5, 0.6) is 5.75 Å². The third-order valence-electron chi connectivity index (χ3n) is 4.96. The summed E-state index contributed by atoms with van der Waals surface area (Å²) < 4.78 is 16.2. The molecule has 0 aliphatic carbocycles. The predicted molar refractivity (Wildman–Crippen MR) is 104 cm³/mol. The summed E-state index contributed by atoms with van der Waals surface area (Å²) >= 11 is 0. The second-order valence-electron chi connectivity index (χ2n) is 6.87. The molecule has 0 radical (unpaired) electrons. The molecule has 0 bridgehead atoms. The van der Waals surface area contributed by atoms with Gasteiger partial charge in [0.2, 0.25) is 0 Å². The third kappa shape index (κ3) is 3.80. The number of fused-ring (bicyclic) bond motifs is 1. The minimum Gasteiger partial charge on any atom is -0.497 e. The summed E-state index contributed by atoms with van der Waals surface area (Å²) in [5, 5.41) is 0.844. The third-order valence-corrected chi connectivity index (χ3v) is 4.96. The molecule has 3 heterocycles. The van der Waals surface area contributed by atoms with Gasteiger partial charge in [0.05, 0.1) is 26.0 Å². The van der Waals surface area contributed by atoms with Crippen molar-refractivity contribution in [1.82, 2.24) is 9.88 Å². The van der Waals surface area contributed by atoms with E-state index in [-0.39, 0.29) is 29.9 Å². The minimum absolute atomic E-state index is 0.0291. The average Bonchev–Trinajstić information content (AvgIpc) is 3.41. The highest BCUT2D eigenvalue weighted by Gasteiger charge is 2.25. The molecule has 2 aromatic heterocycles. The monoisotopic (exact) mass is 382 g/mol. The molecule has 7 nitrogen and oxygen atoms in total. The van der Waals surface area contributed by atoms with E-state index in [2.05, 4.69) is 4.98 Å². The zero-order valence-corrected chi connectivity index (χ0v) is 15.6. The van der Waals surface area contributed by atoms with Crippen molar-refractivity contribution in [2.75, 3.05) is 20.3 Å². The molecule has 1 N–H and O–H groups in total. The minimum atomic E-state index is -0.259. The van der Waals surface area contributed by atoms with Crippen molar-refractivity contribution in [2.45, 2.75) is 25.5 Å². The number of carbonyl (C=O) groups excluding carboxylic acids is 1. The summed E-state index contributed by atoms with van der Waals surface area (Å²) in [5.41, 5.74) is 0.999. The number of nitrogens with zero attached hydrogens (tertiary/aromatic N) is 1.